The third kappa shape index (κ3) is 5.07. The fraction of sp³-hybridized carbons (Fsp3) is 0.789. The summed E-state index contributed by atoms with van der Waals surface area (Å²) in [7, 11) is 0. The first kappa shape index (κ1) is 19.0. The molecule has 0 saturated carbocycles. The Morgan fingerprint density at radius 3 is 2.71 bits per heavy atom. The fourth-order valence-corrected chi connectivity index (χ4v) is 3.29. The summed E-state index contributed by atoms with van der Waals surface area (Å²) < 4.78 is 8.14. The van der Waals surface area contributed by atoms with Crippen molar-refractivity contribution in [1.82, 2.24) is 14.7 Å². The van der Waals surface area contributed by atoms with Crippen LogP contribution in [0, 0.1) is 19.8 Å². The van der Waals surface area contributed by atoms with Gasteiger partial charge >= 0.3 is 0 Å². The van der Waals surface area contributed by atoms with Gasteiger partial charge in [0.1, 0.15) is 0 Å². The molecule has 0 aliphatic carbocycles. The lowest BCUT2D eigenvalue weighted by Crippen LogP contribution is -2.51. The third-order valence-electron chi connectivity index (χ3n) is 4.81. The lowest BCUT2D eigenvalue weighted by molar-refractivity contribution is -0.150. The van der Waals surface area contributed by atoms with Crippen molar-refractivity contribution in [3.63, 3.8) is 0 Å². The van der Waals surface area contributed by atoms with Gasteiger partial charge in [-0.05, 0) is 32.3 Å². The number of hydrogen-bond donors (Lipinski definition) is 0. The zero-order valence-corrected chi connectivity index (χ0v) is 15.9. The van der Waals surface area contributed by atoms with Crippen LogP contribution < -0.4 is 0 Å². The minimum absolute atomic E-state index is 0.151. The molecule has 2 heterocycles. The number of aromatic nitrogens is 2. The zero-order valence-electron chi connectivity index (χ0n) is 15.9. The van der Waals surface area contributed by atoms with E-state index in [2.05, 4.69) is 31.9 Å². The molecule has 2 atom stereocenters. The van der Waals surface area contributed by atoms with Gasteiger partial charge in [-0.25, -0.2) is 0 Å². The highest BCUT2D eigenvalue weighted by molar-refractivity contribution is 5.76. The number of carbonyl (C=O) groups excluding carboxylic acids is 1. The number of carbonyl (C=O) groups is 1. The van der Waals surface area contributed by atoms with Crippen LogP contribution in [0.2, 0.25) is 0 Å². The molecule has 0 N–H and O–H groups in total. The van der Waals surface area contributed by atoms with Gasteiger partial charge in [0.05, 0.1) is 17.9 Å². The van der Waals surface area contributed by atoms with Crippen LogP contribution in [-0.2, 0) is 16.1 Å². The topological polar surface area (TPSA) is 47.4 Å². The molecule has 5 nitrogen and oxygen atoms in total. The molecule has 24 heavy (non-hydrogen) atoms. The number of aryl methyl sites for hydroxylation is 3. The summed E-state index contributed by atoms with van der Waals surface area (Å²) in [5.74, 6) is 0.652. The maximum absolute atomic E-state index is 12.7. The Labute approximate surface area is 146 Å². The predicted molar refractivity (Wildman–Crippen MR) is 95.9 cm³/mol. The van der Waals surface area contributed by atoms with Gasteiger partial charge in [-0.3, -0.25) is 9.48 Å². The molecule has 1 fully saturated rings. The molecule has 5 heteroatoms. The third-order valence-corrected chi connectivity index (χ3v) is 4.81. The van der Waals surface area contributed by atoms with Gasteiger partial charge in [-0.15, -0.1) is 0 Å². The summed E-state index contributed by atoms with van der Waals surface area (Å²) in [6, 6.07) is 2.05. The molecule has 1 aromatic heterocycles. The fourth-order valence-electron chi connectivity index (χ4n) is 3.29. The average Bonchev–Trinajstić information content (AvgIpc) is 2.87. The largest absolute Gasteiger partial charge is 0.371 e. The van der Waals surface area contributed by atoms with Gasteiger partial charge in [0, 0.05) is 31.7 Å². The van der Waals surface area contributed by atoms with E-state index in [-0.39, 0.29) is 18.1 Å². The van der Waals surface area contributed by atoms with Crippen molar-refractivity contribution in [2.75, 3.05) is 13.1 Å². The van der Waals surface area contributed by atoms with Gasteiger partial charge in [0.15, 0.2) is 0 Å². The number of unbranched alkanes of at least 4 members (excludes halogenated alkanes) is 1. The van der Waals surface area contributed by atoms with Crippen molar-refractivity contribution in [3.8, 4) is 0 Å². The smallest absolute Gasteiger partial charge is 0.224 e. The van der Waals surface area contributed by atoms with E-state index in [1.54, 1.807) is 0 Å². The molecule has 1 saturated heterocycles. The molecule has 1 aromatic rings. The quantitative estimate of drug-likeness (QED) is 0.768. The summed E-state index contributed by atoms with van der Waals surface area (Å²) in [5, 5.41) is 4.45. The molecule has 0 spiro atoms. The number of rotatable bonds is 7. The lowest BCUT2D eigenvalue weighted by atomic mass is 10.0. The van der Waals surface area contributed by atoms with Gasteiger partial charge in [-0.1, -0.05) is 33.6 Å². The maximum Gasteiger partial charge on any atom is 0.224 e. The molecular weight excluding hydrogens is 302 g/mol. The van der Waals surface area contributed by atoms with E-state index in [0.29, 0.717) is 18.9 Å². The van der Waals surface area contributed by atoms with E-state index >= 15 is 0 Å². The van der Waals surface area contributed by atoms with E-state index in [9.17, 15) is 4.79 Å². The Balaban J connectivity index is 1.94. The number of nitrogens with zero attached hydrogens (tertiary/aromatic N) is 3. The average molecular weight is 335 g/mol. The van der Waals surface area contributed by atoms with Crippen molar-refractivity contribution in [1.29, 1.82) is 0 Å². The number of hydrogen-bond acceptors (Lipinski definition) is 3. The normalized spacial score (nSPS) is 21.5. The van der Waals surface area contributed by atoms with Crippen LogP contribution in [0.25, 0.3) is 0 Å². The molecule has 136 valence electrons. The Bertz CT molecular complexity index is 539. The van der Waals surface area contributed by atoms with Crippen LogP contribution >= 0.6 is 0 Å². The van der Waals surface area contributed by atoms with E-state index in [1.165, 1.54) is 0 Å². The van der Waals surface area contributed by atoms with E-state index in [1.807, 2.05) is 23.4 Å². The van der Waals surface area contributed by atoms with E-state index < -0.39 is 0 Å². The molecule has 1 amide bonds. The van der Waals surface area contributed by atoms with E-state index in [4.69, 9.17) is 4.74 Å². The van der Waals surface area contributed by atoms with Crippen molar-refractivity contribution in [2.24, 2.45) is 5.92 Å². The summed E-state index contributed by atoms with van der Waals surface area (Å²) in [4.78, 5) is 14.7. The molecule has 0 bridgehead atoms. The molecule has 0 aromatic carbocycles. The van der Waals surface area contributed by atoms with Crippen LogP contribution in [0.3, 0.4) is 0 Å². The van der Waals surface area contributed by atoms with Crippen LogP contribution in [-0.4, -0.2) is 45.9 Å². The highest BCUT2D eigenvalue weighted by Crippen LogP contribution is 2.21. The standard InChI is InChI=1S/C19H33N3O2/c1-6-7-8-17-12-21(13-18(24-17)14(2)3)19(23)9-10-22-16(5)11-15(4)20-22/h11,14,17-18H,6-10,12-13H2,1-5H3/t17-,18-/m1/s1. The zero-order chi connectivity index (χ0) is 17.7. The highest BCUT2D eigenvalue weighted by atomic mass is 16.5. The number of morpholine rings is 1. The Morgan fingerprint density at radius 1 is 1.38 bits per heavy atom. The number of ether oxygens (including phenoxy) is 1. The Hall–Kier alpha value is -1.36. The van der Waals surface area contributed by atoms with Gasteiger partial charge in [-0.2, -0.15) is 5.10 Å². The molecule has 0 radical (unpaired) electrons. The lowest BCUT2D eigenvalue weighted by Gasteiger charge is -2.40. The summed E-state index contributed by atoms with van der Waals surface area (Å²) in [6.07, 6.45) is 4.21. The summed E-state index contributed by atoms with van der Waals surface area (Å²) in [6.45, 7) is 12.7. The highest BCUT2D eigenvalue weighted by Gasteiger charge is 2.31. The monoisotopic (exact) mass is 335 g/mol. The minimum Gasteiger partial charge on any atom is -0.371 e. The van der Waals surface area contributed by atoms with Crippen LogP contribution in [0.5, 0.6) is 0 Å². The first-order valence-corrected chi connectivity index (χ1v) is 9.35. The number of amides is 1. The molecular formula is C19H33N3O2. The second-order valence-corrected chi connectivity index (χ2v) is 7.38. The summed E-state index contributed by atoms with van der Waals surface area (Å²) in [5.41, 5.74) is 2.12. The van der Waals surface area contributed by atoms with Crippen molar-refractivity contribution >= 4 is 5.91 Å². The van der Waals surface area contributed by atoms with Crippen LogP contribution in [0.15, 0.2) is 6.07 Å². The molecule has 1 aliphatic heterocycles. The molecule has 2 rings (SSSR count). The van der Waals surface area contributed by atoms with E-state index in [0.717, 1.165) is 43.7 Å². The first-order valence-electron chi connectivity index (χ1n) is 9.35. The minimum atomic E-state index is 0.151. The van der Waals surface area contributed by atoms with Gasteiger partial charge in [0.25, 0.3) is 0 Å². The van der Waals surface area contributed by atoms with Gasteiger partial charge < -0.3 is 9.64 Å². The predicted octanol–water partition coefficient (Wildman–Crippen LogP) is 3.33. The van der Waals surface area contributed by atoms with Gasteiger partial charge in [0.2, 0.25) is 5.91 Å². The Morgan fingerprint density at radius 2 is 2.12 bits per heavy atom. The summed E-state index contributed by atoms with van der Waals surface area (Å²) >= 11 is 0. The van der Waals surface area contributed by atoms with Crippen LogP contribution in [0.4, 0.5) is 0 Å². The molecule has 1 aliphatic rings. The second kappa shape index (κ2) is 8.65. The van der Waals surface area contributed by atoms with Crippen molar-refractivity contribution < 1.29 is 9.53 Å². The first-order chi connectivity index (χ1) is 11.4. The molecule has 0 unspecified atom stereocenters. The van der Waals surface area contributed by atoms with Crippen molar-refractivity contribution in [2.45, 2.75) is 79.1 Å². The maximum atomic E-state index is 12.7. The van der Waals surface area contributed by atoms with Crippen molar-refractivity contribution in [3.05, 3.63) is 17.5 Å². The Kier molecular flexibility index (Phi) is 6.84. The SMILES string of the molecule is CCCC[C@@H]1CN(C(=O)CCn2nc(C)cc2C)C[C@H](C(C)C)O1. The second-order valence-electron chi connectivity index (χ2n) is 7.38. The van der Waals surface area contributed by atoms with Crippen LogP contribution in [0.1, 0.15) is 57.8 Å².